The summed E-state index contributed by atoms with van der Waals surface area (Å²) in [5, 5.41) is 0. The first-order valence-electron chi connectivity index (χ1n) is 3.60. The Balaban J connectivity index is 2.58. The van der Waals surface area contributed by atoms with Gasteiger partial charge in [0.2, 0.25) is 0 Å². The Morgan fingerprint density at radius 3 is 2.56 bits per heavy atom. The van der Waals surface area contributed by atoms with Gasteiger partial charge in [0.15, 0.2) is 0 Å². The second kappa shape index (κ2) is 2.53. The lowest BCUT2D eigenvalue weighted by atomic mass is 10.1. The van der Waals surface area contributed by atoms with E-state index in [-0.39, 0.29) is 0 Å². The van der Waals surface area contributed by atoms with Gasteiger partial charge in [-0.05, 0) is 27.3 Å². The first kappa shape index (κ1) is 6.81. The zero-order valence-corrected chi connectivity index (χ0v) is 6.46. The SMILES string of the molecule is C[C@@H]1CC=C[C@H](C)N1C. The van der Waals surface area contributed by atoms with Crippen molar-refractivity contribution in [3.05, 3.63) is 12.2 Å². The molecule has 1 rings (SSSR count). The normalized spacial score (nSPS) is 37.2. The highest BCUT2D eigenvalue weighted by molar-refractivity contribution is 4.99. The molecule has 1 heteroatoms. The minimum atomic E-state index is 0.633. The van der Waals surface area contributed by atoms with Crippen molar-refractivity contribution >= 4 is 0 Å². The summed E-state index contributed by atoms with van der Waals surface area (Å²) in [6.45, 7) is 4.49. The van der Waals surface area contributed by atoms with E-state index in [1.165, 1.54) is 6.42 Å². The second-order valence-corrected chi connectivity index (χ2v) is 2.92. The summed E-state index contributed by atoms with van der Waals surface area (Å²) in [4.78, 5) is 2.39. The third-order valence-electron chi connectivity index (χ3n) is 2.23. The topological polar surface area (TPSA) is 3.24 Å². The summed E-state index contributed by atoms with van der Waals surface area (Å²) in [5.74, 6) is 0. The van der Waals surface area contributed by atoms with Gasteiger partial charge in [-0.2, -0.15) is 0 Å². The standard InChI is InChI=1S/C8H15N/c1-7-5-4-6-8(2)9(7)3/h4-5,7-8H,6H2,1-3H3/t7-,8+/m0/s1. The third-order valence-corrected chi connectivity index (χ3v) is 2.23. The van der Waals surface area contributed by atoms with Crippen molar-refractivity contribution in [1.29, 1.82) is 0 Å². The fraction of sp³-hybridized carbons (Fsp3) is 0.750. The first-order chi connectivity index (χ1) is 4.22. The number of rotatable bonds is 0. The van der Waals surface area contributed by atoms with E-state index in [4.69, 9.17) is 0 Å². The molecule has 9 heavy (non-hydrogen) atoms. The fourth-order valence-corrected chi connectivity index (χ4v) is 1.18. The average molecular weight is 125 g/mol. The lowest BCUT2D eigenvalue weighted by Crippen LogP contribution is -2.37. The van der Waals surface area contributed by atoms with Gasteiger partial charge in [0.1, 0.15) is 0 Å². The third kappa shape index (κ3) is 1.33. The quantitative estimate of drug-likeness (QED) is 0.445. The van der Waals surface area contributed by atoms with E-state index < -0.39 is 0 Å². The van der Waals surface area contributed by atoms with E-state index in [1.54, 1.807) is 0 Å². The molecule has 1 aliphatic rings. The molecule has 2 atom stereocenters. The Morgan fingerprint density at radius 1 is 1.44 bits per heavy atom. The van der Waals surface area contributed by atoms with E-state index in [1.807, 2.05) is 0 Å². The molecule has 0 aromatic heterocycles. The summed E-state index contributed by atoms with van der Waals surface area (Å²) >= 11 is 0. The molecule has 1 nitrogen and oxygen atoms in total. The summed E-state index contributed by atoms with van der Waals surface area (Å²) in [6, 6.07) is 1.36. The van der Waals surface area contributed by atoms with Crippen LogP contribution in [0.4, 0.5) is 0 Å². The van der Waals surface area contributed by atoms with Crippen LogP contribution in [0.2, 0.25) is 0 Å². The maximum atomic E-state index is 2.39. The van der Waals surface area contributed by atoms with Crippen molar-refractivity contribution in [3.8, 4) is 0 Å². The van der Waals surface area contributed by atoms with Crippen molar-refractivity contribution in [1.82, 2.24) is 4.90 Å². The summed E-state index contributed by atoms with van der Waals surface area (Å²) in [7, 11) is 2.18. The molecule has 52 valence electrons. The molecule has 0 amide bonds. The molecular formula is C8H15N. The Bertz CT molecular complexity index is 118. The Hall–Kier alpha value is -0.300. The Kier molecular flexibility index (Phi) is 1.91. The van der Waals surface area contributed by atoms with Crippen LogP contribution in [0.3, 0.4) is 0 Å². The van der Waals surface area contributed by atoms with Crippen LogP contribution < -0.4 is 0 Å². The van der Waals surface area contributed by atoms with E-state index in [9.17, 15) is 0 Å². The maximum absolute atomic E-state index is 2.39. The van der Waals surface area contributed by atoms with Gasteiger partial charge in [0.05, 0.1) is 0 Å². The molecule has 0 spiro atoms. The lowest BCUT2D eigenvalue weighted by molar-refractivity contribution is 0.216. The molecule has 0 bridgehead atoms. The van der Waals surface area contributed by atoms with Crippen molar-refractivity contribution in [2.75, 3.05) is 7.05 Å². The largest absolute Gasteiger partial charge is 0.297 e. The molecule has 0 unspecified atom stereocenters. The van der Waals surface area contributed by atoms with Crippen LogP contribution in [0.5, 0.6) is 0 Å². The number of hydrogen-bond donors (Lipinski definition) is 0. The highest BCUT2D eigenvalue weighted by atomic mass is 15.1. The molecular weight excluding hydrogens is 110 g/mol. The van der Waals surface area contributed by atoms with Crippen molar-refractivity contribution in [2.24, 2.45) is 0 Å². The minimum absolute atomic E-state index is 0.633. The predicted molar refractivity (Wildman–Crippen MR) is 40.4 cm³/mol. The highest BCUT2D eigenvalue weighted by Gasteiger charge is 2.15. The van der Waals surface area contributed by atoms with Crippen molar-refractivity contribution in [2.45, 2.75) is 32.4 Å². The van der Waals surface area contributed by atoms with Gasteiger partial charge < -0.3 is 0 Å². The van der Waals surface area contributed by atoms with E-state index in [0.29, 0.717) is 6.04 Å². The van der Waals surface area contributed by atoms with Gasteiger partial charge in [0, 0.05) is 12.1 Å². The second-order valence-electron chi connectivity index (χ2n) is 2.92. The zero-order valence-electron chi connectivity index (χ0n) is 6.46. The summed E-state index contributed by atoms with van der Waals surface area (Å²) < 4.78 is 0. The maximum Gasteiger partial charge on any atom is 0.0249 e. The molecule has 0 N–H and O–H groups in total. The van der Waals surface area contributed by atoms with Gasteiger partial charge in [0.25, 0.3) is 0 Å². The molecule has 1 aliphatic heterocycles. The monoisotopic (exact) mass is 125 g/mol. The van der Waals surface area contributed by atoms with Crippen LogP contribution >= 0.6 is 0 Å². The van der Waals surface area contributed by atoms with Gasteiger partial charge >= 0.3 is 0 Å². The van der Waals surface area contributed by atoms with Crippen LogP contribution in [0.15, 0.2) is 12.2 Å². The van der Waals surface area contributed by atoms with Gasteiger partial charge in [-0.1, -0.05) is 12.2 Å². The Labute approximate surface area is 57.4 Å². The average Bonchev–Trinajstić information content (AvgIpc) is 1.83. The molecule has 0 saturated carbocycles. The van der Waals surface area contributed by atoms with Crippen molar-refractivity contribution in [3.63, 3.8) is 0 Å². The van der Waals surface area contributed by atoms with Crippen LogP contribution in [-0.4, -0.2) is 24.0 Å². The van der Waals surface area contributed by atoms with Crippen molar-refractivity contribution < 1.29 is 0 Å². The lowest BCUT2D eigenvalue weighted by Gasteiger charge is -2.31. The van der Waals surface area contributed by atoms with Gasteiger partial charge in [-0.15, -0.1) is 0 Å². The number of nitrogens with zero attached hydrogens (tertiary/aromatic N) is 1. The van der Waals surface area contributed by atoms with E-state index >= 15 is 0 Å². The molecule has 1 heterocycles. The molecule has 0 aliphatic carbocycles. The Morgan fingerprint density at radius 2 is 2.11 bits per heavy atom. The van der Waals surface area contributed by atoms with Gasteiger partial charge in [-0.25, -0.2) is 0 Å². The van der Waals surface area contributed by atoms with E-state index in [2.05, 4.69) is 37.9 Å². The minimum Gasteiger partial charge on any atom is -0.297 e. The molecule has 0 radical (unpaired) electrons. The highest BCUT2D eigenvalue weighted by Crippen LogP contribution is 2.12. The van der Waals surface area contributed by atoms with E-state index in [0.717, 1.165) is 6.04 Å². The number of likely N-dealkylation sites (N-methyl/N-ethyl adjacent to an activating group) is 1. The zero-order chi connectivity index (χ0) is 6.85. The van der Waals surface area contributed by atoms with Gasteiger partial charge in [-0.3, -0.25) is 4.90 Å². The van der Waals surface area contributed by atoms with Crippen LogP contribution in [-0.2, 0) is 0 Å². The molecule has 0 aromatic carbocycles. The van der Waals surface area contributed by atoms with Crippen LogP contribution in [0.25, 0.3) is 0 Å². The smallest absolute Gasteiger partial charge is 0.0249 e. The fourth-order valence-electron chi connectivity index (χ4n) is 1.18. The first-order valence-corrected chi connectivity index (χ1v) is 3.60. The summed E-state index contributed by atoms with van der Waals surface area (Å²) in [5.41, 5.74) is 0. The predicted octanol–water partition coefficient (Wildman–Crippen LogP) is 1.66. The number of hydrogen-bond acceptors (Lipinski definition) is 1. The molecule has 0 aromatic rings. The van der Waals surface area contributed by atoms with Crippen LogP contribution in [0.1, 0.15) is 20.3 Å². The molecule has 0 fully saturated rings. The van der Waals surface area contributed by atoms with Crippen LogP contribution in [0, 0.1) is 0 Å². The molecule has 0 saturated heterocycles. The summed E-state index contributed by atoms with van der Waals surface area (Å²) in [6.07, 6.45) is 5.75.